The van der Waals surface area contributed by atoms with Crippen molar-refractivity contribution in [2.24, 2.45) is 0 Å². The van der Waals surface area contributed by atoms with Crippen molar-refractivity contribution in [3.05, 3.63) is 34.9 Å². The summed E-state index contributed by atoms with van der Waals surface area (Å²) in [6.07, 6.45) is -0.914. The topological polar surface area (TPSA) is 77.8 Å². The van der Waals surface area contributed by atoms with E-state index in [9.17, 15) is 14.7 Å². The van der Waals surface area contributed by atoms with Gasteiger partial charge in [0.1, 0.15) is 0 Å². The third-order valence-electron chi connectivity index (χ3n) is 2.47. The number of carbonyl (C=O) groups is 2. The number of carbonyl (C=O) groups excluding carboxylic acids is 1. The summed E-state index contributed by atoms with van der Waals surface area (Å²) in [4.78, 5) is 24.1. The lowest BCUT2D eigenvalue weighted by Gasteiger charge is -2.23. The highest BCUT2D eigenvalue weighted by Gasteiger charge is 2.20. The highest BCUT2D eigenvalue weighted by atomic mass is 35.5. The highest BCUT2D eigenvalue weighted by molar-refractivity contribution is 6.33. The van der Waals surface area contributed by atoms with Crippen LogP contribution in [-0.4, -0.2) is 46.2 Å². The van der Waals surface area contributed by atoms with Gasteiger partial charge in [0.05, 0.1) is 23.1 Å². The molecular formula is C13H16ClNO4. The van der Waals surface area contributed by atoms with E-state index in [1.807, 2.05) is 0 Å². The largest absolute Gasteiger partial charge is 0.481 e. The third kappa shape index (κ3) is 4.89. The fraction of sp³-hybridized carbons (Fsp3) is 0.385. The monoisotopic (exact) mass is 285 g/mol. The molecule has 2 N–H and O–H groups in total. The quantitative estimate of drug-likeness (QED) is 0.833. The van der Waals surface area contributed by atoms with Crippen LogP contribution < -0.4 is 0 Å². The zero-order valence-corrected chi connectivity index (χ0v) is 11.3. The average molecular weight is 286 g/mol. The number of rotatable bonds is 6. The Morgan fingerprint density at radius 3 is 2.53 bits per heavy atom. The van der Waals surface area contributed by atoms with E-state index in [-0.39, 0.29) is 25.4 Å². The van der Waals surface area contributed by atoms with Crippen molar-refractivity contribution in [1.82, 2.24) is 4.90 Å². The first-order chi connectivity index (χ1) is 8.91. The minimum absolute atomic E-state index is 0.0320. The van der Waals surface area contributed by atoms with Crippen LogP contribution in [0.25, 0.3) is 0 Å². The number of halogens is 1. The number of hydrogen-bond donors (Lipinski definition) is 2. The molecule has 0 aliphatic heterocycles. The number of aliphatic carboxylic acids is 1. The fourth-order valence-electron chi connectivity index (χ4n) is 1.63. The van der Waals surface area contributed by atoms with Gasteiger partial charge in [-0.05, 0) is 19.1 Å². The zero-order chi connectivity index (χ0) is 14.4. The van der Waals surface area contributed by atoms with Gasteiger partial charge in [-0.25, -0.2) is 0 Å². The summed E-state index contributed by atoms with van der Waals surface area (Å²) in [7, 11) is 0. The maximum absolute atomic E-state index is 12.3. The van der Waals surface area contributed by atoms with E-state index in [4.69, 9.17) is 16.7 Å². The van der Waals surface area contributed by atoms with Gasteiger partial charge in [0.25, 0.3) is 5.91 Å². The van der Waals surface area contributed by atoms with Crippen molar-refractivity contribution < 1.29 is 19.8 Å². The third-order valence-corrected chi connectivity index (χ3v) is 2.80. The Kier molecular flexibility index (Phi) is 5.79. The first-order valence-electron chi connectivity index (χ1n) is 5.85. The Balaban J connectivity index is 2.87. The summed E-state index contributed by atoms with van der Waals surface area (Å²) in [5, 5.41) is 18.4. The van der Waals surface area contributed by atoms with Gasteiger partial charge in [-0.2, -0.15) is 0 Å². The molecule has 0 aliphatic carbocycles. The minimum atomic E-state index is -0.998. The van der Waals surface area contributed by atoms with Gasteiger partial charge < -0.3 is 15.1 Å². The SMILES string of the molecule is CC(O)CN(CCC(=O)O)C(=O)c1ccccc1Cl. The second-order valence-electron chi connectivity index (χ2n) is 4.22. The molecule has 1 rings (SSSR count). The molecule has 0 aromatic heterocycles. The van der Waals surface area contributed by atoms with Crippen LogP contribution in [0.3, 0.4) is 0 Å². The van der Waals surface area contributed by atoms with Gasteiger partial charge in [-0.1, -0.05) is 23.7 Å². The molecule has 0 fully saturated rings. The Morgan fingerprint density at radius 2 is 2.00 bits per heavy atom. The summed E-state index contributed by atoms with van der Waals surface area (Å²) in [6.45, 7) is 1.63. The smallest absolute Gasteiger partial charge is 0.305 e. The molecule has 104 valence electrons. The molecule has 1 amide bonds. The summed E-state index contributed by atoms with van der Waals surface area (Å²) >= 11 is 5.94. The number of benzene rings is 1. The maximum Gasteiger partial charge on any atom is 0.305 e. The minimum Gasteiger partial charge on any atom is -0.481 e. The van der Waals surface area contributed by atoms with Crippen molar-refractivity contribution in [2.45, 2.75) is 19.4 Å². The Bertz CT molecular complexity index is 462. The molecule has 1 aromatic rings. The van der Waals surface area contributed by atoms with Gasteiger partial charge in [0.15, 0.2) is 0 Å². The molecule has 0 radical (unpaired) electrons. The Hall–Kier alpha value is -1.59. The molecule has 1 atom stereocenters. The number of aliphatic hydroxyl groups excluding tert-OH is 1. The van der Waals surface area contributed by atoms with E-state index in [1.165, 1.54) is 11.8 Å². The second kappa shape index (κ2) is 7.11. The van der Waals surface area contributed by atoms with E-state index in [0.717, 1.165) is 0 Å². The zero-order valence-electron chi connectivity index (χ0n) is 10.5. The standard InChI is InChI=1S/C13H16ClNO4/c1-9(16)8-15(7-6-12(17)18)13(19)10-4-2-3-5-11(10)14/h2-5,9,16H,6-8H2,1H3,(H,17,18). The van der Waals surface area contributed by atoms with Gasteiger partial charge in [0.2, 0.25) is 0 Å². The first-order valence-corrected chi connectivity index (χ1v) is 6.23. The molecule has 6 heteroatoms. The van der Waals surface area contributed by atoms with Crippen molar-refractivity contribution in [3.63, 3.8) is 0 Å². The van der Waals surface area contributed by atoms with Crippen LogP contribution in [0.4, 0.5) is 0 Å². The predicted molar refractivity (Wildman–Crippen MR) is 71.3 cm³/mol. The lowest BCUT2D eigenvalue weighted by atomic mass is 10.2. The number of carboxylic acid groups (broad SMARTS) is 1. The molecule has 0 saturated heterocycles. The van der Waals surface area contributed by atoms with Crippen LogP contribution in [0.15, 0.2) is 24.3 Å². The highest BCUT2D eigenvalue weighted by Crippen LogP contribution is 2.17. The first kappa shape index (κ1) is 15.5. The number of hydrogen-bond acceptors (Lipinski definition) is 3. The van der Waals surface area contributed by atoms with Crippen LogP contribution in [0, 0.1) is 0 Å². The van der Waals surface area contributed by atoms with Crippen LogP contribution in [0.1, 0.15) is 23.7 Å². The van der Waals surface area contributed by atoms with Crippen LogP contribution in [0.2, 0.25) is 5.02 Å². The molecule has 5 nitrogen and oxygen atoms in total. The molecular weight excluding hydrogens is 270 g/mol. The van der Waals surface area contributed by atoms with Crippen molar-refractivity contribution in [3.8, 4) is 0 Å². The summed E-state index contributed by atoms with van der Waals surface area (Å²) in [5.41, 5.74) is 0.301. The lowest BCUT2D eigenvalue weighted by Crippen LogP contribution is -2.38. The molecule has 0 aliphatic rings. The van der Waals surface area contributed by atoms with Crippen LogP contribution >= 0.6 is 11.6 Å². The Labute approximate surface area is 116 Å². The Morgan fingerprint density at radius 1 is 1.37 bits per heavy atom. The van der Waals surface area contributed by atoms with E-state index >= 15 is 0 Å². The number of carboxylic acids is 1. The van der Waals surface area contributed by atoms with E-state index in [2.05, 4.69) is 0 Å². The van der Waals surface area contributed by atoms with Crippen molar-refractivity contribution in [1.29, 1.82) is 0 Å². The van der Waals surface area contributed by atoms with Gasteiger partial charge in [-0.15, -0.1) is 0 Å². The normalized spacial score (nSPS) is 11.9. The van der Waals surface area contributed by atoms with Crippen LogP contribution in [-0.2, 0) is 4.79 Å². The van der Waals surface area contributed by atoms with E-state index in [1.54, 1.807) is 24.3 Å². The predicted octanol–water partition coefficient (Wildman–Crippen LogP) is 1.64. The number of nitrogens with zero attached hydrogens (tertiary/aromatic N) is 1. The fourth-order valence-corrected chi connectivity index (χ4v) is 1.85. The molecule has 19 heavy (non-hydrogen) atoms. The summed E-state index contributed by atoms with van der Waals surface area (Å²) in [6, 6.07) is 6.54. The van der Waals surface area contributed by atoms with Gasteiger partial charge in [0, 0.05) is 13.1 Å². The molecule has 0 bridgehead atoms. The van der Waals surface area contributed by atoms with E-state index in [0.29, 0.717) is 10.6 Å². The average Bonchev–Trinajstić information content (AvgIpc) is 2.33. The number of amides is 1. The van der Waals surface area contributed by atoms with Crippen molar-refractivity contribution in [2.75, 3.05) is 13.1 Å². The molecule has 0 saturated carbocycles. The molecule has 0 heterocycles. The molecule has 1 aromatic carbocycles. The second-order valence-corrected chi connectivity index (χ2v) is 4.63. The van der Waals surface area contributed by atoms with Gasteiger partial charge >= 0.3 is 5.97 Å². The number of aliphatic hydroxyl groups is 1. The summed E-state index contributed by atoms with van der Waals surface area (Å²) < 4.78 is 0. The maximum atomic E-state index is 12.3. The molecule has 0 spiro atoms. The lowest BCUT2D eigenvalue weighted by molar-refractivity contribution is -0.137. The van der Waals surface area contributed by atoms with Crippen molar-refractivity contribution >= 4 is 23.5 Å². The summed E-state index contributed by atoms with van der Waals surface area (Å²) in [5.74, 6) is -1.38. The van der Waals surface area contributed by atoms with E-state index < -0.39 is 12.1 Å². The van der Waals surface area contributed by atoms with Crippen LogP contribution in [0.5, 0.6) is 0 Å². The van der Waals surface area contributed by atoms with Gasteiger partial charge in [-0.3, -0.25) is 9.59 Å². The molecule has 1 unspecified atom stereocenters.